The van der Waals surface area contributed by atoms with E-state index in [-0.39, 0.29) is 0 Å². The molecule has 2 rings (SSSR count). The summed E-state index contributed by atoms with van der Waals surface area (Å²) in [5.41, 5.74) is 7.04. The Balaban J connectivity index is 2.26. The van der Waals surface area contributed by atoms with Crippen LogP contribution < -0.4 is 10.6 Å². The van der Waals surface area contributed by atoms with Gasteiger partial charge in [-0.25, -0.2) is 9.97 Å². The predicted molar refractivity (Wildman–Crippen MR) is 75.8 cm³/mol. The largest absolute Gasteiger partial charge is 0.383 e. The molecule has 18 heavy (non-hydrogen) atoms. The highest BCUT2D eigenvalue weighted by Gasteiger charge is 2.24. The van der Waals surface area contributed by atoms with Gasteiger partial charge in [0.15, 0.2) is 0 Å². The zero-order chi connectivity index (χ0) is 13.1. The van der Waals surface area contributed by atoms with E-state index in [2.05, 4.69) is 23.7 Å². The summed E-state index contributed by atoms with van der Waals surface area (Å²) in [5.74, 6) is 3.39. The quantitative estimate of drug-likeness (QED) is 0.889. The van der Waals surface area contributed by atoms with E-state index in [4.69, 9.17) is 10.7 Å². The number of nitrogens with two attached hydrogens (primary N) is 1. The summed E-state index contributed by atoms with van der Waals surface area (Å²) in [5, 5.41) is 0. The maximum Gasteiger partial charge on any atom is 0.137 e. The van der Waals surface area contributed by atoms with Crippen molar-refractivity contribution in [3.05, 3.63) is 11.4 Å². The van der Waals surface area contributed by atoms with Gasteiger partial charge >= 0.3 is 0 Å². The predicted octanol–water partition coefficient (Wildman–Crippen LogP) is 2.56. The summed E-state index contributed by atoms with van der Waals surface area (Å²) in [6.07, 6.45) is 4.48. The van der Waals surface area contributed by atoms with Crippen LogP contribution in [0.15, 0.2) is 0 Å². The van der Waals surface area contributed by atoms with Crippen molar-refractivity contribution >= 4 is 11.6 Å². The first-order valence-electron chi connectivity index (χ1n) is 7.03. The molecule has 0 aromatic carbocycles. The summed E-state index contributed by atoms with van der Waals surface area (Å²) in [4.78, 5) is 11.5. The molecule has 0 amide bonds. The van der Waals surface area contributed by atoms with Crippen LogP contribution >= 0.6 is 0 Å². The van der Waals surface area contributed by atoms with E-state index in [1.54, 1.807) is 0 Å². The molecule has 0 saturated carbocycles. The minimum absolute atomic E-state index is 0.642. The maximum absolute atomic E-state index is 6.01. The van der Waals surface area contributed by atoms with E-state index in [9.17, 15) is 0 Å². The van der Waals surface area contributed by atoms with Crippen LogP contribution in [0, 0.1) is 12.8 Å². The summed E-state index contributed by atoms with van der Waals surface area (Å²) >= 11 is 0. The number of rotatable bonds is 4. The lowest BCUT2D eigenvalue weighted by atomic mass is 10.1. The lowest BCUT2D eigenvalue weighted by Crippen LogP contribution is -2.23. The molecule has 1 aliphatic heterocycles. The highest BCUT2D eigenvalue weighted by Crippen LogP contribution is 2.28. The Morgan fingerprint density at radius 2 is 2.11 bits per heavy atom. The number of hydrogen-bond donors (Lipinski definition) is 1. The average Bonchev–Trinajstić information content (AvgIpc) is 2.82. The topological polar surface area (TPSA) is 55.0 Å². The van der Waals surface area contributed by atoms with E-state index in [0.717, 1.165) is 49.1 Å². The molecule has 0 bridgehead atoms. The Morgan fingerprint density at radius 3 is 2.72 bits per heavy atom. The van der Waals surface area contributed by atoms with Crippen molar-refractivity contribution in [1.82, 2.24) is 9.97 Å². The second-order valence-corrected chi connectivity index (χ2v) is 5.23. The molecule has 0 spiro atoms. The third kappa shape index (κ3) is 2.57. The van der Waals surface area contributed by atoms with Gasteiger partial charge in [0, 0.05) is 25.1 Å². The van der Waals surface area contributed by atoms with Crippen molar-refractivity contribution in [2.24, 2.45) is 5.92 Å². The standard InChI is InChI=1S/C14H24N4/c1-4-6-12-16-13(15)10(3)14(17-12)18-8-7-11(5-2)9-18/h11H,4-9H2,1-3H3,(H2,15,16,17). The van der Waals surface area contributed by atoms with E-state index in [1.165, 1.54) is 12.8 Å². The van der Waals surface area contributed by atoms with Crippen LogP contribution in [0.4, 0.5) is 11.6 Å². The van der Waals surface area contributed by atoms with Crippen LogP contribution in [0.3, 0.4) is 0 Å². The van der Waals surface area contributed by atoms with Gasteiger partial charge in [-0.15, -0.1) is 0 Å². The molecular weight excluding hydrogens is 224 g/mol. The molecule has 1 unspecified atom stereocenters. The Labute approximate surface area is 110 Å². The number of anilines is 2. The second kappa shape index (κ2) is 5.55. The minimum atomic E-state index is 0.642. The lowest BCUT2D eigenvalue weighted by molar-refractivity contribution is 0.568. The zero-order valence-corrected chi connectivity index (χ0v) is 11.7. The first-order valence-corrected chi connectivity index (χ1v) is 7.03. The molecule has 1 aliphatic rings. The Hall–Kier alpha value is -1.32. The van der Waals surface area contributed by atoms with E-state index in [0.29, 0.717) is 5.82 Å². The molecule has 0 radical (unpaired) electrons. The zero-order valence-electron chi connectivity index (χ0n) is 11.7. The van der Waals surface area contributed by atoms with Crippen LogP contribution in [-0.2, 0) is 6.42 Å². The van der Waals surface area contributed by atoms with Crippen LogP contribution in [0.2, 0.25) is 0 Å². The van der Waals surface area contributed by atoms with Gasteiger partial charge in [-0.05, 0) is 25.7 Å². The molecule has 1 aromatic rings. The van der Waals surface area contributed by atoms with Crippen molar-refractivity contribution in [1.29, 1.82) is 0 Å². The van der Waals surface area contributed by atoms with Crippen molar-refractivity contribution < 1.29 is 0 Å². The lowest BCUT2D eigenvalue weighted by Gasteiger charge is -2.21. The number of aryl methyl sites for hydroxylation is 1. The molecule has 4 heteroatoms. The van der Waals surface area contributed by atoms with E-state index in [1.807, 2.05) is 6.92 Å². The van der Waals surface area contributed by atoms with Crippen LogP contribution in [0.25, 0.3) is 0 Å². The van der Waals surface area contributed by atoms with Gasteiger partial charge < -0.3 is 10.6 Å². The van der Waals surface area contributed by atoms with Crippen molar-refractivity contribution in [3.63, 3.8) is 0 Å². The molecule has 2 heterocycles. The summed E-state index contributed by atoms with van der Waals surface area (Å²) in [7, 11) is 0. The molecule has 1 saturated heterocycles. The second-order valence-electron chi connectivity index (χ2n) is 5.23. The molecule has 0 aliphatic carbocycles. The molecule has 1 atom stereocenters. The van der Waals surface area contributed by atoms with Crippen LogP contribution in [0.1, 0.15) is 44.5 Å². The number of nitrogens with zero attached hydrogens (tertiary/aromatic N) is 3. The van der Waals surface area contributed by atoms with Gasteiger partial charge in [0.25, 0.3) is 0 Å². The smallest absolute Gasteiger partial charge is 0.137 e. The van der Waals surface area contributed by atoms with Gasteiger partial charge in [-0.1, -0.05) is 20.3 Å². The molecule has 100 valence electrons. The third-order valence-corrected chi connectivity index (χ3v) is 3.84. The van der Waals surface area contributed by atoms with Crippen LogP contribution in [-0.4, -0.2) is 23.1 Å². The number of hydrogen-bond acceptors (Lipinski definition) is 4. The van der Waals surface area contributed by atoms with Gasteiger partial charge in [0.2, 0.25) is 0 Å². The highest BCUT2D eigenvalue weighted by atomic mass is 15.2. The van der Waals surface area contributed by atoms with Crippen molar-refractivity contribution in [2.75, 3.05) is 23.7 Å². The first kappa shape index (κ1) is 13.1. The number of nitrogen functional groups attached to an aromatic ring is 1. The normalized spacial score (nSPS) is 19.5. The van der Waals surface area contributed by atoms with Gasteiger partial charge in [-0.3, -0.25) is 0 Å². The van der Waals surface area contributed by atoms with E-state index >= 15 is 0 Å². The minimum Gasteiger partial charge on any atom is -0.383 e. The fourth-order valence-electron chi connectivity index (χ4n) is 2.57. The molecule has 1 fully saturated rings. The maximum atomic E-state index is 6.01. The van der Waals surface area contributed by atoms with Gasteiger partial charge in [0.1, 0.15) is 17.5 Å². The van der Waals surface area contributed by atoms with Crippen LogP contribution in [0.5, 0.6) is 0 Å². The summed E-state index contributed by atoms with van der Waals surface area (Å²) in [6.45, 7) is 8.64. The highest BCUT2D eigenvalue weighted by molar-refractivity contribution is 5.57. The van der Waals surface area contributed by atoms with Gasteiger partial charge in [-0.2, -0.15) is 0 Å². The monoisotopic (exact) mass is 248 g/mol. The Kier molecular flexibility index (Phi) is 4.04. The fraction of sp³-hybridized carbons (Fsp3) is 0.714. The Bertz CT molecular complexity index is 417. The Morgan fingerprint density at radius 1 is 1.33 bits per heavy atom. The third-order valence-electron chi connectivity index (χ3n) is 3.84. The number of aromatic nitrogens is 2. The molecule has 4 nitrogen and oxygen atoms in total. The molecular formula is C14H24N4. The summed E-state index contributed by atoms with van der Waals surface area (Å²) in [6, 6.07) is 0. The first-order chi connectivity index (χ1) is 8.65. The molecule has 1 aromatic heterocycles. The molecule has 2 N–H and O–H groups in total. The van der Waals surface area contributed by atoms with Crippen molar-refractivity contribution in [2.45, 2.75) is 46.5 Å². The fourth-order valence-corrected chi connectivity index (χ4v) is 2.57. The average molecular weight is 248 g/mol. The summed E-state index contributed by atoms with van der Waals surface area (Å²) < 4.78 is 0. The van der Waals surface area contributed by atoms with Crippen molar-refractivity contribution in [3.8, 4) is 0 Å². The SMILES string of the molecule is CCCc1nc(N)c(C)c(N2CCC(CC)C2)n1. The van der Waals surface area contributed by atoms with E-state index < -0.39 is 0 Å². The van der Waals surface area contributed by atoms with Gasteiger partial charge in [0.05, 0.1) is 0 Å².